The van der Waals surface area contributed by atoms with E-state index in [9.17, 15) is 9.59 Å². The van der Waals surface area contributed by atoms with Crippen molar-refractivity contribution >= 4 is 12.1 Å². The highest BCUT2D eigenvalue weighted by atomic mass is 16.1. The van der Waals surface area contributed by atoms with Gasteiger partial charge in [0.1, 0.15) is 12.1 Å². The lowest BCUT2D eigenvalue weighted by Gasteiger charge is -2.61. The van der Waals surface area contributed by atoms with Gasteiger partial charge in [0.15, 0.2) is 0 Å². The molecule has 0 aromatic heterocycles. The minimum atomic E-state index is -0.152. The van der Waals surface area contributed by atoms with E-state index in [0.717, 1.165) is 31.6 Å². The Bertz CT molecular complexity index is 466. The number of Topliss-reactive ketones (excluding diaryl/α,β-unsaturated/α-hetero) is 1. The summed E-state index contributed by atoms with van der Waals surface area (Å²) >= 11 is 0. The maximum Gasteiger partial charge on any atom is 0.138 e. The van der Waals surface area contributed by atoms with Gasteiger partial charge >= 0.3 is 0 Å². The SMILES string of the molecule is CCC1C(C=O)CCC2C1CCC1C(C)(C)C(=O)CCC21C. The molecule has 6 atom stereocenters. The van der Waals surface area contributed by atoms with Gasteiger partial charge in [-0.05, 0) is 61.2 Å². The van der Waals surface area contributed by atoms with Gasteiger partial charge in [0.2, 0.25) is 0 Å². The van der Waals surface area contributed by atoms with Gasteiger partial charge in [0.05, 0.1) is 0 Å². The first-order valence-electron chi connectivity index (χ1n) is 9.34. The summed E-state index contributed by atoms with van der Waals surface area (Å²) in [5.41, 5.74) is 0.156. The van der Waals surface area contributed by atoms with Crippen LogP contribution in [0.1, 0.15) is 72.6 Å². The summed E-state index contributed by atoms with van der Waals surface area (Å²) in [5, 5.41) is 0. The third kappa shape index (κ3) is 2.12. The van der Waals surface area contributed by atoms with Crippen molar-refractivity contribution in [2.75, 3.05) is 0 Å². The number of ketones is 1. The molecule has 0 heterocycles. The van der Waals surface area contributed by atoms with Crippen LogP contribution in [-0.4, -0.2) is 12.1 Å². The number of aldehydes is 1. The van der Waals surface area contributed by atoms with Gasteiger partial charge in [-0.1, -0.05) is 34.1 Å². The van der Waals surface area contributed by atoms with Crippen LogP contribution in [0.4, 0.5) is 0 Å². The molecule has 3 saturated carbocycles. The van der Waals surface area contributed by atoms with Gasteiger partial charge < -0.3 is 4.79 Å². The highest BCUT2D eigenvalue weighted by Gasteiger charge is 2.59. The first-order valence-corrected chi connectivity index (χ1v) is 9.34. The molecular formula is C20H32O2. The summed E-state index contributed by atoms with van der Waals surface area (Å²) in [7, 11) is 0. The Morgan fingerprint density at radius 1 is 1.14 bits per heavy atom. The highest BCUT2D eigenvalue weighted by molar-refractivity contribution is 5.85. The summed E-state index contributed by atoms with van der Waals surface area (Å²) in [6.07, 6.45) is 8.87. The Balaban J connectivity index is 1.93. The zero-order valence-corrected chi connectivity index (χ0v) is 14.7. The van der Waals surface area contributed by atoms with E-state index in [1.807, 2.05) is 0 Å². The summed E-state index contributed by atoms with van der Waals surface area (Å²) in [4.78, 5) is 23.9. The minimum absolute atomic E-state index is 0.152. The second-order valence-corrected chi connectivity index (χ2v) is 9.00. The first-order chi connectivity index (χ1) is 10.4. The molecule has 0 saturated heterocycles. The molecule has 2 heteroatoms. The topological polar surface area (TPSA) is 34.1 Å². The van der Waals surface area contributed by atoms with E-state index in [0.29, 0.717) is 29.0 Å². The molecular weight excluding hydrogens is 272 g/mol. The monoisotopic (exact) mass is 304 g/mol. The smallest absolute Gasteiger partial charge is 0.138 e. The van der Waals surface area contributed by atoms with Crippen LogP contribution in [0.25, 0.3) is 0 Å². The van der Waals surface area contributed by atoms with Gasteiger partial charge in [-0.2, -0.15) is 0 Å². The molecule has 0 amide bonds. The maximum absolute atomic E-state index is 12.4. The van der Waals surface area contributed by atoms with Crippen LogP contribution in [0.3, 0.4) is 0 Å². The minimum Gasteiger partial charge on any atom is -0.303 e. The average molecular weight is 304 g/mol. The van der Waals surface area contributed by atoms with E-state index >= 15 is 0 Å². The summed E-state index contributed by atoms with van der Waals surface area (Å²) in [6.45, 7) is 9.10. The lowest BCUT2D eigenvalue weighted by molar-refractivity contribution is -0.160. The number of hydrogen-bond acceptors (Lipinski definition) is 2. The normalized spacial score (nSPS) is 47.5. The van der Waals surface area contributed by atoms with Gasteiger partial charge in [-0.15, -0.1) is 0 Å². The largest absolute Gasteiger partial charge is 0.303 e. The molecule has 3 aliphatic carbocycles. The van der Waals surface area contributed by atoms with Crippen LogP contribution in [0.5, 0.6) is 0 Å². The number of rotatable bonds is 2. The molecule has 6 unspecified atom stereocenters. The Hall–Kier alpha value is -0.660. The third-order valence-corrected chi connectivity index (χ3v) is 7.99. The van der Waals surface area contributed by atoms with E-state index in [-0.39, 0.29) is 11.3 Å². The van der Waals surface area contributed by atoms with Crippen molar-refractivity contribution < 1.29 is 9.59 Å². The van der Waals surface area contributed by atoms with Gasteiger partial charge in [-0.3, -0.25) is 4.79 Å². The van der Waals surface area contributed by atoms with E-state index in [1.165, 1.54) is 25.5 Å². The molecule has 0 radical (unpaired) electrons. The summed E-state index contributed by atoms with van der Waals surface area (Å²) in [5.74, 6) is 3.30. The molecule has 22 heavy (non-hydrogen) atoms. The molecule has 0 aliphatic heterocycles. The van der Waals surface area contributed by atoms with Crippen molar-refractivity contribution in [2.24, 2.45) is 40.4 Å². The molecule has 3 rings (SSSR count). The predicted octanol–water partition coefficient (Wildman–Crippen LogP) is 4.66. The Morgan fingerprint density at radius 3 is 2.50 bits per heavy atom. The molecule has 3 aliphatic rings. The van der Waals surface area contributed by atoms with E-state index in [1.54, 1.807) is 0 Å². The fourth-order valence-corrected chi connectivity index (χ4v) is 6.82. The van der Waals surface area contributed by atoms with Crippen molar-refractivity contribution in [1.82, 2.24) is 0 Å². The third-order valence-electron chi connectivity index (χ3n) is 7.99. The number of fused-ring (bicyclic) bond motifs is 3. The van der Waals surface area contributed by atoms with E-state index in [2.05, 4.69) is 27.7 Å². The second kappa shape index (κ2) is 5.46. The molecule has 0 aromatic rings. The van der Waals surface area contributed by atoms with E-state index in [4.69, 9.17) is 0 Å². The molecule has 2 nitrogen and oxygen atoms in total. The number of hydrogen-bond donors (Lipinski definition) is 0. The lowest BCUT2D eigenvalue weighted by atomic mass is 9.42. The maximum atomic E-state index is 12.4. The molecule has 0 spiro atoms. The number of carbonyl (C=O) groups excluding carboxylic acids is 2. The zero-order chi connectivity index (χ0) is 16.1. The van der Waals surface area contributed by atoms with E-state index < -0.39 is 0 Å². The van der Waals surface area contributed by atoms with Crippen LogP contribution >= 0.6 is 0 Å². The summed E-state index contributed by atoms with van der Waals surface area (Å²) in [6, 6.07) is 0. The number of carbonyl (C=O) groups is 2. The fraction of sp³-hybridized carbons (Fsp3) is 0.900. The second-order valence-electron chi connectivity index (χ2n) is 9.00. The Morgan fingerprint density at radius 2 is 1.86 bits per heavy atom. The molecule has 0 N–H and O–H groups in total. The van der Waals surface area contributed by atoms with Gasteiger partial charge in [0, 0.05) is 17.8 Å². The zero-order valence-electron chi connectivity index (χ0n) is 14.7. The van der Waals surface area contributed by atoms with Crippen molar-refractivity contribution in [3.63, 3.8) is 0 Å². The molecule has 3 fully saturated rings. The van der Waals surface area contributed by atoms with Gasteiger partial charge in [-0.25, -0.2) is 0 Å². The lowest BCUT2D eigenvalue weighted by Crippen LogP contribution is -2.57. The fourth-order valence-electron chi connectivity index (χ4n) is 6.82. The standard InChI is InChI=1S/C20H32O2/c1-5-14-13(12-21)6-8-16-15(14)7-9-17-19(2,3)18(22)10-11-20(16,17)4/h12-17H,5-11H2,1-4H3. The van der Waals surface area contributed by atoms with Gasteiger partial charge in [0.25, 0.3) is 0 Å². The average Bonchev–Trinajstić information content (AvgIpc) is 2.50. The quantitative estimate of drug-likeness (QED) is 0.695. The van der Waals surface area contributed by atoms with Crippen molar-refractivity contribution in [3.8, 4) is 0 Å². The van der Waals surface area contributed by atoms with Crippen LogP contribution in [-0.2, 0) is 9.59 Å². The van der Waals surface area contributed by atoms with Crippen molar-refractivity contribution in [1.29, 1.82) is 0 Å². The highest BCUT2D eigenvalue weighted by Crippen LogP contribution is 2.64. The summed E-state index contributed by atoms with van der Waals surface area (Å²) < 4.78 is 0. The first kappa shape index (κ1) is 16.2. The Kier molecular flexibility index (Phi) is 4.02. The Labute approximate surface area is 135 Å². The molecule has 0 bridgehead atoms. The van der Waals surface area contributed by atoms with Crippen LogP contribution in [0.2, 0.25) is 0 Å². The molecule has 0 aromatic carbocycles. The van der Waals surface area contributed by atoms with Crippen molar-refractivity contribution in [2.45, 2.75) is 72.6 Å². The van der Waals surface area contributed by atoms with Crippen LogP contribution in [0, 0.1) is 40.4 Å². The van der Waals surface area contributed by atoms with Crippen molar-refractivity contribution in [3.05, 3.63) is 0 Å². The molecule has 124 valence electrons. The predicted molar refractivity (Wildman–Crippen MR) is 88.4 cm³/mol. The van der Waals surface area contributed by atoms with Crippen LogP contribution in [0.15, 0.2) is 0 Å². The van der Waals surface area contributed by atoms with Crippen LogP contribution < -0.4 is 0 Å².